The fourth-order valence-corrected chi connectivity index (χ4v) is 7.06. The molecule has 6 nitrogen and oxygen atoms in total. The molecular formula is C34H39N3O3. The molecule has 0 radical (unpaired) electrons. The van der Waals surface area contributed by atoms with E-state index < -0.39 is 0 Å². The summed E-state index contributed by atoms with van der Waals surface area (Å²) in [7, 11) is 1.43. The highest BCUT2D eigenvalue weighted by Crippen LogP contribution is 2.45. The van der Waals surface area contributed by atoms with Crippen molar-refractivity contribution in [3.8, 4) is 0 Å². The standard InChI is InChI=1S/C34H39N3O3/c1-22(36-17-16-26(20-36)33(35)38)27-18-24-12-8-5-9-13-28(24)32-31(23-10-6-3-4-7-11-23)29-15-14-25(34(39)40-2)19-30(29)37(32)21-27/h8-9,12-15,18-19,23,26H,1,3-7,10-11,16-17,20-21H2,2H3,(H2,35,38). The minimum Gasteiger partial charge on any atom is -0.465 e. The van der Waals surface area contributed by atoms with Crippen molar-refractivity contribution in [3.63, 3.8) is 0 Å². The van der Waals surface area contributed by atoms with Crippen LogP contribution in [0, 0.1) is 5.92 Å². The zero-order valence-electron chi connectivity index (χ0n) is 23.5. The number of nitrogens with zero attached hydrogens (tertiary/aromatic N) is 2. The molecule has 6 rings (SSSR count). The summed E-state index contributed by atoms with van der Waals surface area (Å²) < 4.78 is 7.51. The van der Waals surface area contributed by atoms with E-state index in [1.807, 2.05) is 12.1 Å². The quantitative estimate of drug-likeness (QED) is 0.354. The summed E-state index contributed by atoms with van der Waals surface area (Å²) in [5, 5.41) is 1.23. The second kappa shape index (κ2) is 11.0. The van der Waals surface area contributed by atoms with Crippen LogP contribution in [0.5, 0.6) is 0 Å². The molecule has 2 N–H and O–H groups in total. The van der Waals surface area contributed by atoms with E-state index in [1.54, 1.807) is 0 Å². The van der Waals surface area contributed by atoms with E-state index in [1.165, 1.54) is 73.4 Å². The van der Waals surface area contributed by atoms with Gasteiger partial charge in [-0.2, -0.15) is 0 Å². The highest BCUT2D eigenvalue weighted by Gasteiger charge is 2.32. The summed E-state index contributed by atoms with van der Waals surface area (Å²) in [6.45, 7) is 6.54. The van der Waals surface area contributed by atoms with Gasteiger partial charge in [-0.05, 0) is 66.5 Å². The predicted molar refractivity (Wildman–Crippen MR) is 160 cm³/mol. The van der Waals surface area contributed by atoms with Crippen molar-refractivity contribution in [1.29, 1.82) is 0 Å². The van der Waals surface area contributed by atoms with Gasteiger partial charge < -0.3 is 19.9 Å². The molecule has 40 heavy (non-hydrogen) atoms. The number of benzene rings is 1. The van der Waals surface area contributed by atoms with Crippen LogP contribution >= 0.6 is 0 Å². The van der Waals surface area contributed by atoms with Gasteiger partial charge >= 0.3 is 5.97 Å². The summed E-state index contributed by atoms with van der Waals surface area (Å²) >= 11 is 0. The highest BCUT2D eigenvalue weighted by atomic mass is 16.5. The van der Waals surface area contributed by atoms with Crippen LogP contribution in [0.3, 0.4) is 0 Å². The largest absolute Gasteiger partial charge is 0.465 e. The van der Waals surface area contributed by atoms with E-state index in [2.05, 4.69) is 52.5 Å². The number of esters is 1. The van der Waals surface area contributed by atoms with Crippen LogP contribution in [0.15, 0.2) is 72.0 Å². The first kappa shape index (κ1) is 26.4. The molecule has 1 atom stereocenters. The summed E-state index contributed by atoms with van der Waals surface area (Å²) in [6, 6.07) is 6.05. The molecule has 4 aliphatic rings. The maximum absolute atomic E-state index is 12.6. The molecule has 1 unspecified atom stereocenters. The smallest absolute Gasteiger partial charge is 0.337 e. The number of carbonyl (C=O) groups excluding carboxylic acids is 2. The molecule has 1 saturated carbocycles. The lowest BCUT2D eigenvalue weighted by Crippen LogP contribution is -2.27. The molecule has 3 heterocycles. The van der Waals surface area contributed by atoms with Gasteiger partial charge in [-0.25, -0.2) is 4.79 Å². The molecule has 2 fully saturated rings. The van der Waals surface area contributed by atoms with Gasteiger partial charge in [-0.3, -0.25) is 4.79 Å². The van der Waals surface area contributed by atoms with E-state index >= 15 is 0 Å². The Hall–Kier alpha value is -3.80. The van der Waals surface area contributed by atoms with Crippen LogP contribution in [0.1, 0.15) is 78.9 Å². The van der Waals surface area contributed by atoms with Gasteiger partial charge in [0.05, 0.1) is 30.8 Å². The van der Waals surface area contributed by atoms with E-state index in [0.29, 0.717) is 24.6 Å². The number of likely N-dealkylation sites (tertiary alicyclic amines) is 1. The van der Waals surface area contributed by atoms with E-state index in [4.69, 9.17) is 10.5 Å². The highest BCUT2D eigenvalue weighted by molar-refractivity contribution is 5.99. The Labute approximate surface area is 236 Å². The Balaban J connectivity index is 1.55. The number of rotatable bonds is 5. The predicted octanol–water partition coefficient (Wildman–Crippen LogP) is 6.40. The second-order valence-electron chi connectivity index (χ2n) is 11.6. The van der Waals surface area contributed by atoms with Crippen LogP contribution in [0.4, 0.5) is 0 Å². The number of primary amides is 1. The van der Waals surface area contributed by atoms with E-state index in [9.17, 15) is 9.59 Å². The molecule has 6 heteroatoms. The molecule has 0 bridgehead atoms. The molecule has 0 spiro atoms. The van der Waals surface area contributed by atoms with Crippen LogP contribution < -0.4 is 5.73 Å². The fraction of sp³-hybridized carbons (Fsp3) is 0.412. The van der Waals surface area contributed by atoms with E-state index in [0.717, 1.165) is 36.2 Å². The Morgan fingerprint density at radius 1 is 1.05 bits per heavy atom. The number of allylic oxidation sites excluding steroid dienone is 8. The van der Waals surface area contributed by atoms with Crippen LogP contribution in [0.25, 0.3) is 16.5 Å². The Morgan fingerprint density at radius 2 is 1.82 bits per heavy atom. The zero-order chi connectivity index (χ0) is 27.8. The molecule has 2 aliphatic carbocycles. The maximum atomic E-state index is 12.6. The summed E-state index contributed by atoms with van der Waals surface area (Å²) in [6.07, 6.45) is 20.3. The van der Waals surface area contributed by atoms with Crippen molar-refractivity contribution in [2.24, 2.45) is 11.7 Å². The van der Waals surface area contributed by atoms with Gasteiger partial charge in [0, 0.05) is 35.3 Å². The number of aromatic nitrogens is 1. The van der Waals surface area contributed by atoms with Crippen molar-refractivity contribution in [2.45, 2.75) is 63.8 Å². The lowest BCUT2D eigenvalue weighted by Gasteiger charge is -2.24. The minimum absolute atomic E-state index is 0.147. The average molecular weight is 538 g/mol. The van der Waals surface area contributed by atoms with Crippen molar-refractivity contribution < 1.29 is 14.3 Å². The van der Waals surface area contributed by atoms with Gasteiger partial charge in [0.25, 0.3) is 0 Å². The first-order chi connectivity index (χ1) is 19.5. The number of amides is 1. The molecule has 1 aromatic heterocycles. The first-order valence-corrected chi connectivity index (χ1v) is 14.7. The fourth-order valence-electron chi connectivity index (χ4n) is 7.06. The van der Waals surface area contributed by atoms with Gasteiger partial charge in [0.2, 0.25) is 5.91 Å². The molecule has 1 amide bonds. The van der Waals surface area contributed by atoms with Crippen molar-refractivity contribution in [3.05, 3.63) is 88.8 Å². The molecule has 2 aromatic rings. The Kier molecular flexibility index (Phi) is 7.26. The summed E-state index contributed by atoms with van der Waals surface area (Å²) in [5.41, 5.74) is 14.4. The Bertz CT molecular complexity index is 1490. The SMILES string of the molecule is C=C(C1=CC2=C(C=CCC=C2)c2c(C3CCCCCC3)c3ccc(C(=O)OC)cc3n2C1)N1CCC(C(N)=O)C1. The average Bonchev–Trinajstić information content (AvgIpc) is 3.28. The lowest BCUT2D eigenvalue weighted by molar-refractivity contribution is -0.121. The molecule has 2 aliphatic heterocycles. The van der Waals surface area contributed by atoms with Crippen LogP contribution in [-0.2, 0) is 16.1 Å². The molecule has 1 saturated heterocycles. The minimum atomic E-state index is -0.325. The zero-order valence-corrected chi connectivity index (χ0v) is 23.5. The number of nitrogens with two attached hydrogens (primary N) is 1. The summed E-state index contributed by atoms with van der Waals surface area (Å²) in [5.74, 6) is -0.242. The van der Waals surface area contributed by atoms with Gasteiger partial charge in [-0.15, -0.1) is 0 Å². The van der Waals surface area contributed by atoms with E-state index in [-0.39, 0.29) is 17.8 Å². The normalized spacial score (nSPS) is 21.4. The van der Waals surface area contributed by atoms with Gasteiger partial charge in [0.15, 0.2) is 0 Å². The molecule has 1 aromatic carbocycles. The van der Waals surface area contributed by atoms with Crippen molar-refractivity contribution in [1.82, 2.24) is 9.47 Å². The van der Waals surface area contributed by atoms with Crippen LogP contribution in [-0.4, -0.2) is 41.5 Å². The molecular weight excluding hydrogens is 498 g/mol. The number of hydrogen-bond acceptors (Lipinski definition) is 4. The third-order valence-corrected chi connectivity index (χ3v) is 9.21. The van der Waals surface area contributed by atoms with Crippen molar-refractivity contribution in [2.75, 3.05) is 20.2 Å². The number of fused-ring (bicyclic) bond motifs is 4. The maximum Gasteiger partial charge on any atom is 0.337 e. The Morgan fingerprint density at radius 3 is 2.55 bits per heavy atom. The first-order valence-electron chi connectivity index (χ1n) is 14.7. The second-order valence-corrected chi connectivity index (χ2v) is 11.6. The van der Waals surface area contributed by atoms with Gasteiger partial charge in [-0.1, -0.05) is 62.6 Å². The van der Waals surface area contributed by atoms with Gasteiger partial charge in [0.1, 0.15) is 0 Å². The number of carbonyl (C=O) groups is 2. The number of methoxy groups -OCH3 is 1. The molecule has 208 valence electrons. The third-order valence-electron chi connectivity index (χ3n) is 9.21. The topological polar surface area (TPSA) is 77.6 Å². The number of hydrogen-bond donors (Lipinski definition) is 1. The third kappa shape index (κ3) is 4.74. The van der Waals surface area contributed by atoms with Crippen molar-refractivity contribution >= 4 is 28.4 Å². The lowest BCUT2D eigenvalue weighted by atomic mass is 9.86. The monoisotopic (exact) mass is 537 g/mol. The van der Waals surface area contributed by atoms with Crippen LogP contribution in [0.2, 0.25) is 0 Å². The number of ether oxygens (including phenoxy) is 1. The summed E-state index contributed by atoms with van der Waals surface area (Å²) in [4.78, 5) is 26.7.